The van der Waals surface area contributed by atoms with Crippen molar-refractivity contribution < 1.29 is 23.4 Å². The summed E-state index contributed by atoms with van der Waals surface area (Å²) in [7, 11) is -3.87. The van der Waals surface area contributed by atoms with Crippen LogP contribution < -0.4 is 0 Å². The van der Waals surface area contributed by atoms with Crippen LogP contribution in [0, 0.1) is 5.41 Å². The number of aliphatic carboxylic acids is 1. The van der Waals surface area contributed by atoms with Crippen molar-refractivity contribution in [1.82, 2.24) is 0 Å². The van der Waals surface area contributed by atoms with Crippen LogP contribution in [0.25, 0.3) is 0 Å². The molecule has 0 heterocycles. The molecular formula is C17H16O5S. The molecule has 0 bridgehead atoms. The van der Waals surface area contributed by atoms with Gasteiger partial charge in [-0.2, -0.15) is 0 Å². The maximum absolute atomic E-state index is 12.9. The molecule has 0 amide bonds. The van der Waals surface area contributed by atoms with Gasteiger partial charge < -0.3 is 10.2 Å². The van der Waals surface area contributed by atoms with Gasteiger partial charge in [0.25, 0.3) is 0 Å². The van der Waals surface area contributed by atoms with Crippen LogP contribution in [-0.4, -0.2) is 36.5 Å². The number of benzene rings is 2. The van der Waals surface area contributed by atoms with Crippen molar-refractivity contribution in [3.05, 3.63) is 66.2 Å². The lowest BCUT2D eigenvalue weighted by molar-refractivity contribution is -0.145. The minimum atomic E-state index is -3.87. The first-order chi connectivity index (χ1) is 11.0. The number of aliphatic hydroxyl groups excluding tert-OH is 1. The molecule has 5 nitrogen and oxygen atoms in total. The van der Waals surface area contributed by atoms with Crippen LogP contribution in [0.2, 0.25) is 0 Å². The fourth-order valence-electron chi connectivity index (χ4n) is 3.26. The van der Waals surface area contributed by atoms with Gasteiger partial charge in [-0.1, -0.05) is 48.5 Å². The van der Waals surface area contributed by atoms with Gasteiger partial charge >= 0.3 is 5.97 Å². The molecule has 2 N–H and O–H groups in total. The van der Waals surface area contributed by atoms with Gasteiger partial charge in [0, 0.05) is 5.92 Å². The first-order valence-electron chi connectivity index (χ1n) is 7.14. The van der Waals surface area contributed by atoms with E-state index in [1.54, 1.807) is 48.5 Å². The molecular weight excluding hydrogens is 316 g/mol. The zero-order chi connectivity index (χ0) is 16.7. The minimum Gasteiger partial charge on any atom is -0.481 e. The minimum absolute atomic E-state index is 0.0718. The lowest BCUT2D eigenvalue weighted by atomic mass is 10.0. The second kappa shape index (κ2) is 5.47. The zero-order valence-electron chi connectivity index (χ0n) is 12.2. The molecule has 2 aromatic rings. The van der Waals surface area contributed by atoms with Gasteiger partial charge in [-0.15, -0.1) is 0 Å². The third-order valence-electron chi connectivity index (χ3n) is 4.48. The van der Waals surface area contributed by atoms with Crippen LogP contribution in [0.15, 0.2) is 65.6 Å². The average Bonchev–Trinajstić information content (AvgIpc) is 3.28. The molecule has 1 aliphatic rings. The molecule has 0 saturated heterocycles. The molecule has 3 rings (SSSR count). The summed E-state index contributed by atoms with van der Waals surface area (Å²) in [6, 6.07) is 16.4. The Morgan fingerprint density at radius 2 is 1.52 bits per heavy atom. The molecule has 0 aliphatic heterocycles. The second-order valence-electron chi connectivity index (χ2n) is 5.67. The number of rotatable bonds is 5. The Morgan fingerprint density at radius 3 is 2.00 bits per heavy atom. The van der Waals surface area contributed by atoms with E-state index in [0.29, 0.717) is 5.56 Å². The van der Waals surface area contributed by atoms with E-state index < -0.39 is 39.0 Å². The molecule has 23 heavy (non-hydrogen) atoms. The Balaban J connectivity index is 2.12. The summed E-state index contributed by atoms with van der Waals surface area (Å²) in [6.45, 7) is -0.724. The Kier molecular flexibility index (Phi) is 3.74. The molecule has 6 heteroatoms. The van der Waals surface area contributed by atoms with Crippen molar-refractivity contribution in [2.24, 2.45) is 5.41 Å². The smallest absolute Gasteiger partial charge is 0.314 e. The molecule has 0 aromatic heterocycles. The number of aliphatic hydroxyl groups is 1. The van der Waals surface area contributed by atoms with Crippen LogP contribution in [0.5, 0.6) is 0 Å². The summed E-state index contributed by atoms with van der Waals surface area (Å²) in [5.41, 5.74) is -1.09. The van der Waals surface area contributed by atoms with Crippen LogP contribution in [0.4, 0.5) is 0 Å². The third kappa shape index (κ3) is 2.26. The van der Waals surface area contributed by atoms with Crippen LogP contribution >= 0.6 is 0 Å². The molecule has 3 atom stereocenters. The zero-order valence-corrected chi connectivity index (χ0v) is 13.0. The monoisotopic (exact) mass is 332 g/mol. The standard InChI is InChI=1S/C17H16O5S/c18-11-17(16(19)20)14(12-7-3-1-4-8-12)15(17)23(21,22)13-9-5-2-6-10-13/h1-10,14-15,18H,11H2,(H,19,20)/t14-,15+,17+/m1/s1. The first kappa shape index (κ1) is 15.7. The van der Waals surface area contributed by atoms with Crippen molar-refractivity contribution in [2.45, 2.75) is 16.1 Å². The van der Waals surface area contributed by atoms with E-state index in [-0.39, 0.29) is 4.90 Å². The highest BCUT2D eigenvalue weighted by atomic mass is 32.2. The lowest BCUT2D eigenvalue weighted by Crippen LogP contribution is -2.27. The summed E-state index contributed by atoms with van der Waals surface area (Å²) < 4.78 is 25.8. The van der Waals surface area contributed by atoms with E-state index in [1.807, 2.05) is 0 Å². The lowest BCUT2D eigenvalue weighted by Gasteiger charge is -2.09. The van der Waals surface area contributed by atoms with Crippen molar-refractivity contribution in [3.8, 4) is 0 Å². The quantitative estimate of drug-likeness (QED) is 0.869. The number of carboxylic acids is 1. The van der Waals surface area contributed by atoms with E-state index in [2.05, 4.69) is 0 Å². The summed E-state index contributed by atoms with van der Waals surface area (Å²) in [5, 5.41) is 18.1. The van der Waals surface area contributed by atoms with Crippen LogP contribution in [0.3, 0.4) is 0 Å². The van der Waals surface area contributed by atoms with Gasteiger partial charge in [0.05, 0.1) is 16.8 Å². The topological polar surface area (TPSA) is 91.7 Å². The van der Waals surface area contributed by atoms with Crippen molar-refractivity contribution in [3.63, 3.8) is 0 Å². The fourth-order valence-corrected chi connectivity index (χ4v) is 5.65. The number of carbonyl (C=O) groups is 1. The summed E-state index contributed by atoms with van der Waals surface area (Å²) >= 11 is 0. The largest absolute Gasteiger partial charge is 0.481 e. The Labute approximate surface area is 134 Å². The molecule has 0 unspecified atom stereocenters. The van der Waals surface area contributed by atoms with Crippen LogP contribution in [-0.2, 0) is 14.6 Å². The summed E-state index contributed by atoms with van der Waals surface area (Å²) in [4.78, 5) is 11.8. The highest BCUT2D eigenvalue weighted by Gasteiger charge is 2.75. The number of hydrogen-bond donors (Lipinski definition) is 2. The Hall–Kier alpha value is -2.18. The highest BCUT2D eigenvalue weighted by Crippen LogP contribution is 2.63. The van der Waals surface area contributed by atoms with Crippen molar-refractivity contribution in [2.75, 3.05) is 6.61 Å². The van der Waals surface area contributed by atoms with Gasteiger partial charge in [-0.25, -0.2) is 8.42 Å². The second-order valence-corrected chi connectivity index (χ2v) is 7.74. The maximum Gasteiger partial charge on any atom is 0.314 e. The van der Waals surface area contributed by atoms with Gasteiger partial charge in [-0.3, -0.25) is 4.79 Å². The van der Waals surface area contributed by atoms with Gasteiger partial charge in [0.1, 0.15) is 5.41 Å². The highest BCUT2D eigenvalue weighted by molar-refractivity contribution is 7.92. The molecule has 0 spiro atoms. The third-order valence-corrected chi connectivity index (χ3v) is 6.77. The van der Waals surface area contributed by atoms with E-state index in [0.717, 1.165) is 0 Å². The predicted molar refractivity (Wildman–Crippen MR) is 83.8 cm³/mol. The average molecular weight is 332 g/mol. The Bertz CT molecular complexity index is 817. The predicted octanol–water partition coefficient (Wildman–Crippen LogP) is 1.69. The molecule has 1 fully saturated rings. The summed E-state index contributed by atoms with van der Waals surface area (Å²) in [6.07, 6.45) is 0. The van der Waals surface area contributed by atoms with Gasteiger partial charge in [-0.05, 0) is 17.7 Å². The van der Waals surface area contributed by atoms with Crippen molar-refractivity contribution in [1.29, 1.82) is 0 Å². The SMILES string of the molecule is O=C(O)[C@@]1(CO)[C@H](c2ccccc2)[C@@H]1S(=O)(=O)c1ccccc1. The molecule has 1 saturated carbocycles. The van der Waals surface area contributed by atoms with E-state index in [4.69, 9.17) is 0 Å². The number of hydrogen-bond acceptors (Lipinski definition) is 4. The molecule has 2 aromatic carbocycles. The van der Waals surface area contributed by atoms with E-state index in [1.165, 1.54) is 12.1 Å². The molecule has 0 radical (unpaired) electrons. The molecule has 120 valence electrons. The van der Waals surface area contributed by atoms with Gasteiger partial charge in [0.2, 0.25) is 0 Å². The van der Waals surface area contributed by atoms with Gasteiger partial charge in [0.15, 0.2) is 9.84 Å². The van der Waals surface area contributed by atoms with E-state index in [9.17, 15) is 23.4 Å². The fraction of sp³-hybridized carbons (Fsp3) is 0.235. The number of sulfone groups is 1. The first-order valence-corrected chi connectivity index (χ1v) is 8.69. The summed E-state index contributed by atoms with van der Waals surface area (Å²) in [5.74, 6) is -2.06. The van der Waals surface area contributed by atoms with Crippen LogP contribution in [0.1, 0.15) is 11.5 Å². The number of carboxylic acid groups (broad SMARTS) is 1. The normalized spacial score (nSPS) is 26.7. The van der Waals surface area contributed by atoms with E-state index >= 15 is 0 Å². The van der Waals surface area contributed by atoms with Crippen molar-refractivity contribution >= 4 is 15.8 Å². The maximum atomic E-state index is 12.9. The Morgan fingerprint density at radius 1 is 1.00 bits per heavy atom. The molecule has 1 aliphatic carbocycles.